The van der Waals surface area contributed by atoms with Crippen LogP contribution in [0, 0.1) is 11.3 Å². The maximum absolute atomic E-state index is 6.27. The molecule has 2 N–H and O–H groups in total. The van der Waals surface area contributed by atoms with E-state index in [-0.39, 0.29) is 11.0 Å². The second-order valence-corrected chi connectivity index (χ2v) is 6.80. The fourth-order valence-corrected chi connectivity index (χ4v) is 2.43. The number of piperidine rings is 1. The Morgan fingerprint density at radius 2 is 1.94 bits per heavy atom. The normalized spacial score (nSPS) is 24.0. The van der Waals surface area contributed by atoms with Gasteiger partial charge < -0.3 is 15.4 Å². The Kier molecular flexibility index (Phi) is 4.99. The van der Waals surface area contributed by atoms with Crippen molar-refractivity contribution in [2.45, 2.75) is 46.1 Å². The van der Waals surface area contributed by atoms with Crippen molar-refractivity contribution in [2.75, 3.05) is 33.4 Å². The van der Waals surface area contributed by atoms with Crippen molar-refractivity contribution in [3.8, 4) is 0 Å². The van der Waals surface area contributed by atoms with Gasteiger partial charge in [0.15, 0.2) is 0 Å². The Bertz CT molecular complexity index is 231. The van der Waals surface area contributed by atoms with Crippen LogP contribution < -0.4 is 5.73 Å². The predicted molar refractivity (Wildman–Crippen MR) is 73.1 cm³/mol. The predicted octanol–water partition coefficient (Wildman–Crippen LogP) is 2.11. The van der Waals surface area contributed by atoms with Crippen LogP contribution in [-0.4, -0.2) is 43.8 Å². The van der Waals surface area contributed by atoms with Gasteiger partial charge >= 0.3 is 0 Å². The molecule has 1 aliphatic rings. The zero-order valence-electron chi connectivity index (χ0n) is 12.3. The van der Waals surface area contributed by atoms with Gasteiger partial charge in [0.25, 0.3) is 0 Å². The van der Waals surface area contributed by atoms with E-state index in [9.17, 15) is 0 Å². The Morgan fingerprint density at radius 3 is 2.47 bits per heavy atom. The van der Waals surface area contributed by atoms with E-state index in [1.165, 1.54) is 19.4 Å². The fourth-order valence-electron chi connectivity index (χ4n) is 2.43. The van der Waals surface area contributed by atoms with E-state index < -0.39 is 0 Å². The van der Waals surface area contributed by atoms with Crippen molar-refractivity contribution in [3.63, 3.8) is 0 Å². The first-order chi connectivity index (χ1) is 7.76. The highest BCUT2D eigenvalue weighted by Gasteiger charge is 2.36. The number of nitrogens with zero attached hydrogens (tertiary/aromatic N) is 1. The first-order valence-corrected chi connectivity index (χ1v) is 6.76. The number of rotatable bonds is 5. The van der Waals surface area contributed by atoms with Gasteiger partial charge in [-0.15, -0.1) is 0 Å². The monoisotopic (exact) mass is 242 g/mol. The average Bonchev–Trinajstić information content (AvgIpc) is 2.16. The lowest BCUT2D eigenvalue weighted by Crippen LogP contribution is -2.54. The molecule has 0 aromatic carbocycles. The van der Waals surface area contributed by atoms with Crippen molar-refractivity contribution < 1.29 is 4.74 Å². The second-order valence-electron chi connectivity index (χ2n) is 6.80. The molecule has 1 unspecified atom stereocenters. The number of hydrogen-bond acceptors (Lipinski definition) is 3. The van der Waals surface area contributed by atoms with Gasteiger partial charge in [0.1, 0.15) is 0 Å². The molecule has 0 aromatic heterocycles. The van der Waals surface area contributed by atoms with Gasteiger partial charge in [0.2, 0.25) is 0 Å². The summed E-state index contributed by atoms with van der Waals surface area (Å²) in [6.07, 6.45) is 2.59. The standard InChI is InChI=1S/C14H30N2O/c1-13(2,14(3,4)15)11-16-8-6-7-12(9-16)10-17-5/h12H,6-11,15H2,1-5H3. The van der Waals surface area contributed by atoms with Gasteiger partial charge in [-0.2, -0.15) is 0 Å². The molecule has 0 bridgehead atoms. The van der Waals surface area contributed by atoms with Crippen LogP contribution >= 0.6 is 0 Å². The molecule has 0 saturated carbocycles. The Balaban J connectivity index is 2.51. The summed E-state index contributed by atoms with van der Waals surface area (Å²) in [6, 6.07) is 0. The first-order valence-electron chi connectivity index (χ1n) is 6.76. The molecule has 0 spiro atoms. The molecule has 17 heavy (non-hydrogen) atoms. The highest BCUT2D eigenvalue weighted by molar-refractivity contribution is 4.93. The third-order valence-electron chi connectivity index (χ3n) is 4.37. The molecule has 1 aliphatic heterocycles. The molecule has 1 fully saturated rings. The third-order valence-corrected chi connectivity index (χ3v) is 4.37. The van der Waals surface area contributed by atoms with Gasteiger partial charge in [-0.25, -0.2) is 0 Å². The smallest absolute Gasteiger partial charge is 0.0502 e. The van der Waals surface area contributed by atoms with Crippen LogP contribution in [-0.2, 0) is 4.74 Å². The molecule has 3 heteroatoms. The minimum absolute atomic E-state index is 0.138. The van der Waals surface area contributed by atoms with E-state index in [1.54, 1.807) is 7.11 Å². The van der Waals surface area contributed by atoms with Crippen LogP contribution in [0.2, 0.25) is 0 Å². The molecule has 0 aromatic rings. The first kappa shape index (κ1) is 14.9. The van der Waals surface area contributed by atoms with Crippen molar-refractivity contribution >= 4 is 0 Å². The Labute approximate surface area is 107 Å². The second kappa shape index (κ2) is 5.68. The summed E-state index contributed by atoms with van der Waals surface area (Å²) in [4.78, 5) is 2.56. The molecule has 1 atom stereocenters. The fraction of sp³-hybridized carbons (Fsp3) is 1.00. The van der Waals surface area contributed by atoms with Gasteiger partial charge in [-0.3, -0.25) is 0 Å². The highest BCUT2D eigenvalue weighted by atomic mass is 16.5. The summed E-state index contributed by atoms with van der Waals surface area (Å²) in [6.45, 7) is 13.1. The van der Waals surface area contributed by atoms with E-state index in [1.807, 2.05) is 0 Å². The number of ether oxygens (including phenoxy) is 1. The molecular formula is C14H30N2O. The van der Waals surface area contributed by atoms with Crippen LogP contribution in [0.3, 0.4) is 0 Å². The van der Waals surface area contributed by atoms with Crippen LogP contribution in [0.5, 0.6) is 0 Å². The summed E-state index contributed by atoms with van der Waals surface area (Å²) in [5.41, 5.74) is 6.28. The quantitative estimate of drug-likeness (QED) is 0.802. The van der Waals surface area contributed by atoms with Crippen LogP contribution in [0.25, 0.3) is 0 Å². The summed E-state index contributed by atoms with van der Waals surface area (Å²) in [5, 5.41) is 0. The molecule has 3 nitrogen and oxygen atoms in total. The zero-order chi connectivity index (χ0) is 13.1. The molecule has 0 amide bonds. The van der Waals surface area contributed by atoms with Crippen molar-refractivity contribution in [2.24, 2.45) is 17.1 Å². The maximum atomic E-state index is 6.27. The van der Waals surface area contributed by atoms with E-state index in [4.69, 9.17) is 10.5 Å². The Hall–Kier alpha value is -0.120. The molecule has 0 radical (unpaired) electrons. The Morgan fingerprint density at radius 1 is 1.29 bits per heavy atom. The highest BCUT2D eigenvalue weighted by Crippen LogP contribution is 2.30. The summed E-state index contributed by atoms with van der Waals surface area (Å²) in [5.74, 6) is 0.699. The van der Waals surface area contributed by atoms with Crippen molar-refractivity contribution in [1.82, 2.24) is 4.90 Å². The number of nitrogens with two attached hydrogens (primary N) is 1. The lowest BCUT2D eigenvalue weighted by molar-refractivity contribution is 0.0519. The SMILES string of the molecule is COCC1CCCN(CC(C)(C)C(C)(C)N)C1. The van der Waals surface area contributed by atoms with Gasteiger partial charge in [-0.1, -0.05) is 13.8 Å². The summed E-state index contributed by atoms with van der Waals surface area (Å²) < 4.78 is 5.28. The largest absolute Gasteiger partial charge is 0.384 e. The molecule has 1 rings (SSSR count). The molecule has 1 saturated heterocycles. The molecular weight excluding hydrogens is 212 g/mol. The third kappa shape index (κ3) is 4.23. The van der Waals surface area contributed by atoms with Crippen molar-refractivity contribution in [3.05, 3.63) is 0 Å². The zero-order valence-corrected chi connectivity index (χ0v) is 12.3. The van der Waals surface area contributed by atoms with E-state index in [2.05, 4.69) is 32.6 Å². The maximum Gasteiger partial charge on any atom is 0.0502 e. The topological polar surface area (TPSA) is 38.5 Å². The lowest BCUT2D eigenvalue weighted by atomic mass is 9.74. The number of methoxy groups -OCH3 is 1. The molecule has 0 aliphatic carbocycles. The number of likely N-dealkylation sites (tertiary alicyclic amines) is 1. The van der Waals surface area contributed by atoms with Gasteiger partial charge in [0.05, 0.1) is 6.61 Å². The molecule has 1 heterocycles. The number of hydrogen-bond donors (Lipinski definition) is 1. The van der Waals surface area contributed by atoms with Crippen LogP contribution in [0.4, 0.5) is 0 Å². The minimum Gasteiger partial charge on any atom is -0.384 e. The van der Waals surface area contributed by atoms with E-state index >= 15 is 0 Å². The summed E-state index contributed by atoms with van der Waals surface area (Å²) >= 11 is 0. The van der Waals surface area contributed by atoms with E-state index in [0.29, 0.717) is 5.92 Å². The van der Waals surface area contributed by atoms with E-state index in [0.717, 1.165) is 19.7 Å². The van der Waals surface area contributed by atoms with Gasteiger partial charge in [0, 0.05) is 25.7 Å². The van der Waals surface area contributed by atoms with Gasteiger partial charge in [-0.05, 0) is 44.6 Å². The minimum atomic E-state index is -0.138. The van der Waals surface area contributed by atoms with Crippen LogP contribution in [0.1, 0.15) is 40.5 Å². The molecule has 102 valence electrons. The summed E-state index contributed by atoms with van der Waals surface area (Å²) in [7, 11) is 1.80. The van der Waals surface area contributed by atoms with Crippen molar-refractivity contribution in [1.29, 1.82) is 0 Å². The lowest BCUT2D eigenvalue weighted by Gasteiger charge is -2.44. The van der Waals surface area contributed by atoms with Crippen LogP contribution in [0.15, 0.2) is 0 Å². The average molecular weight is 242 g/mol.